The van der Waals surface area contributed by atoms with Crippen molar-refractivity contribution in [3.05, 3.63) is 50.5 Å². The molecule has 0 fully saturated rings. The van der Waals surface area contributed by atoms with Gasteiger partial charge in [0.1, 0.15) is 0 Å². The lowest BCUT2D eigenvalue weighted by Gasteiger charge is -2.16. The number of aromatic nitrogens is 1. The minimum atomic E-state index is -0.112. The van der Waals surface area contributed by atoms with Crippen LogP contribution in [0.15, 0.2) is 35.3 Å². The van der Waals surface area contributed by atoms with Crippen LogP contribution in [0.1, 0.15) is 33.5 Å². The molecule has 1 unspecified atom stereocenters. The highest BCUT2D eigenvalue weighted by Gasteiger charge is 2.20. The van der Waals surface area contributed by atoms with Gasteiger partial charge in [-0.1, -0.05) is 30.4 Å². The van der Waals surface area contributed by atoms with Crippen molar-refractivity contribution in [2.75, 3.05) is 0 Å². The molecule has 1 amide bonds. The third-order valence-corrected chi connectivity index (χ3v) is 6.79. The summed E-state index contributed by atoms with van der Waals surface area (Å²) in [5.74, 6) is 0.608. The van der Waals surface area contributed by atoms with Crippen LogP contribution in [-0.2, 0) is 19.9 Å². The van der Waals surface area contributed by atoms with Crippen molar-refractivity contribution in [2.45, 2.75) is 26.2 Å². The molecule has 2 heterocycles. The van der Waals surface area contributed by atoms with Gasteiger partial charge in [-0.2, -0.15) is 4.99 Å². The molecule has 0 radical (unpaired) electrons. The zero-order valence-corrected chi connectivity index (χ0v) is 14.8. The third kappa shape index (κ3) is 2.68. The van der Waals surface area contributed by atoms with Gasteiger partial charge in [-0.3, -0.25) is 4.79 Å². The molecular formula is C18H18N2OS2. The van der Waals surface area contributed by atoms with Gasteiger partial charge in [0.15, 0.2) is 4.80 Å². The minimum absolute atomic E-state index is 0.112. The number of para-hydroxylation sites is 1. The van der Waals surface area contributed by atoms with Crippen LogP contribution in [0.3, 0.4) is 0 Å². The summed E-state index contributed by atoms with van der Waals surface area (Å²) in [5.41, 5.74) is 2.47. The second-order valence-electron chi connectivity index (χ2n) is 6.24. The first-order valence-electron chi connectivity index (χ1n) is 7.87. The van der Waals surface area contributed by atoms with E-state index in [9.17, 15) is 4.79 Å². The zero-order valence-electron chi connectivity index (χ0n) is 13.2. The highest BCUT2D eigenvalue weighted by atomic mass is 32.1. The number of thiazole rings is 1. The predicted molar refractivity (Wildman–Crippen MR) is 96.2 cm³/mol. The topological polar surface area (TPSA) is 34.4 Å². The van der Waals surface area contributed by atoms with Crippen LogP contribution in [-0.4, -0.2) is 10.5 Å². The van der Waals surface area contributed by atoms with Gasteiger partial charge in [-0.25, -0.2) is 0 Å². The van der Waals surface area contributed by atoms with Crippen LogP contribution in [0.25, 0.3) is 10.2 Å². The smallest absolute Gasteiger partial charge is 0.289 e. The summed E-state index contributed by atoms with van der Waals surface area (Å²) < 4.78 is 3.15. The van der Waals surface area contributed by atoms with E-state index in [0.717, 1.165) is 38.7 Å². The van der Waals surface area contributed by atoms with Gasteiger partial charge >= 0.3 is 0 Å². The van der Waals surface area contributed by atoms with Crippen molar-refractivity contribution in [2.24, 2.45) is 18.0 Å². The Morgan fingerprint density at radius 3 is 2.96 bits per heavy atom. The quantitative estimate of drug-likeness (QED) is 0.653. The van der Waals surface area contributed by atoms with Gasteiger partial charge in [-0.15, -0.1) is 11.3 Å². The lowest BCUT2D eigenvalue weighted by molar-refractivity contribution is 0.100. The summed E-state index contributed by atoms with van der Waals surface area (Å²) >= 11 is 3.19. The van der Waals surface area contributed by atoms with E-state index in [1.165, 1.54) is 16.9 Å². The van der Waals surface area contributed by atoms with Crippen LogP contribution in [0.4, 0.5) is 0 Å². The largest absolute Gasteiger partial charge is 0.319 e. The molecule has 0 saturated heterocycles. The Morgan fingerprint density at radius 1 is 1.30 bits per heavy atom. The van der Waals surface area contributed by atoms with Crippen LogP contribution >= 0.6 is 22.7 Å². The Balaban J connectivity index is 1.73. The van der Waals surface area contributed by atoms with Crippen LogP contribution in [0.2, 0.25) is 0 Å². The van der Waals surface area contributed by atoms with E-state index in [2.05, 4.69) is 30.1 Å². The van der Waals surface area contributed by atoms with Gasteiger partial charge in [0, 0.05) is 11.9 Å². The molecule has 0 spiro atoms. The van der Waals surface area contributed by atoms with E-state index < -0.39 is 0 Å². The Kier molecular flexibility index (Phi) is 3.70. The number of aryl methyl sites for hydroxylation is 2. The van der Waals surface area contributed by atoms with E-state index in [0.29, 0.717) is 0 Å². The summed E-state index contributed by atoms with van der Waals surface area (Å²) in [6.45, 7) is 2.28. The van der Waals surface area contributed by atoms with Crippen LogP contribution in [0.5, 0.6) is 0 Å². The van der Waals surface area contributed by atoms with Gasteiger partial charge < -0.3 is 4.57 Å². The molecule has 23 heavy (non-hydrogen) atoms. The summed E-state index contributed by atoms with van der Waals surface area (Å²) in [6, 6.07) is 10.2. The Labute approximate surface area is 142 Å². The van der Waals surface area contributed by atoms with Crippen LogP contribution in [0, 0.1) is 5.92 Å². The number of nitrogens with zero attached hydrogens (tertiary/aromatic N) is 2. The van der Waals surface area contributed by atoms with Gasteiger partial charge in [0.05, 0.1) is 15.1 Å². The molecule has 2 aromatic heterocycles. The Morgan fingerprint density at radius 2 is 2.13 bits per heavy atom. The number of hydrogen-bond acceptors (Lipinski definition) is 3. The average Bonchev–Trinajstić information content (AvgIpc) is 3.09. The number of carbonyl (C=O) groups excluding carboxylic acids is 1. The molecule has 1 aliphatic rings. The van der Waals surface area contributed by atoms with E-state index in [1.807, 2.05) is 23.7 Å². The molecule has 0 saturated carbocycles. The van der Waals surface area contributed by atoms with E-state index in [4.69, 9.17) is 0 Å². The highest BCUT2D eigenvalue weighted by Crippen LogP contribution is 2.32. The molecule has 0 N–H and O–H groups in total. The summed E-state index contributed by atoms with van der Waals surface area (Å²) in [5, 5.41) is 0. The maximum Gasteiger partial charge on any atom is 0.289 e. The molecule has 3 aromatic rings. The molecular weight excluding hydrogens is 324 g/mol. The fraction of sp³-hybridized carbons (Fsp3) is 0.333. The number of amides is 1. The second-order valence-corrected chi connectivity index (χ2v) is 8.38. The summed E-state index contributed by atoms with van der Waals surface area (Å²) in [7, 11) is 1.96. The Hall–Kier alpha value is -1.72. The average molecular weight is 342 g/mol. The predicted octanol–water partition coefficient (Wildman–Crippen LogP) is 4.17. The zero-order chi connectivity index (χ0) is 16.0. The minimum Gasteiger partial charge on any atom is -0.319 e. The fourth-order valence-electron chi connectivity index (χ4n) is 3.14. The van der Waals surface area contributed by atoms with Crippen molar-refractivity contribution in [1.29, 1.82) is 0 Å². The fourth-order valence-corrected chi connectivity index (χ4v) is 5.25. The van der Waals surface area contributed by atoms with Crippen molar-refractivity contribution < 1.29 is 4.79 Å². The number of hydrogen-bond donors (Lipinski definition) is 0. The molecule has 118 valence electrons. The van der Waals surface area contributed by atoms with E-state index in [1.54, 1.807) is 22.7 Å². The van der Waals surface area contributed by atoms with Crippen molar-refractivity contribution >= 4 is 38.8 Å². The van der Waals surface area contributed by atoms with Gasteiger partial charge in [0.25, 0.3) is 5.91 Å². The summed E-state index contributed by atoms with van der Waals surface area (Å²) in [6.07, 6.45) is 3.42. The number of benzene rings is 1. The molecule has 1 aliphatic carbocycles. The molecule has 4 rings (SSSR count). The normalized spacial score (nSPS) is 18.3. The van der Waals surface area contributed by atoms with Crippen molar-refractivity contribution in [3.63, 3.8) is 0 Å². The second kappa shape index (κ2) is 5.73. The van der Waals surface area contributed by atoms with Gasteiger partial charge in [0.2, 0.25) is 0 Å². The number of rotatable bonds is 1. The molecule has 0 aliphatic heterocycles. The highest BCUT2D eigenvalue weighted by molar-refractivity contribution is 7.16. The van der Waals surface area contributed by atoms with Gasteiger partial charge in [-0.05, 0) is 48.9 Å². The third-order valence-electron chi connectivity index (χ3n) is 4.45. The summed E-state index contributed by atoms with van der Waals surface area (Å²) in [4.78, 5) is 19.9. The maximum atomic E-state index is 12.6. The van der Waals surface area contributed by atoms with Crippen molar-refractivity contribution in [1.82, 2.24) is 4.57 Å². The molecule has 3 nitrogen and oxygen atoms in total. The molecule has 1 aromatic carbocycles. The lowest BCUT2D eigenvalue weighted by Crippen LogP contribution is -2.12. The Bertz CT molecular complexity index is 961. The standard InChI is InChI=1S/C18H18N2OS2/c1-11-7-8-14-12(9-11)10-16(22-14)17(21)19-18-20(2)13-5-3-4-6-15(13)23-18/h3-6,10-11H,7-9H2,1-2H3. The molecule has 1 atom stereocenters. The first-order valence-corrected chi connectivity index (χ1v) is 9.50. The molecule has 5 heteroatoms. The number of fused-ring (bicyclic) bond motifs is 2. The first-order chi connectivity index (χ1) is 11.1. The maximum absolute atomic E-state index is 12.6. The lowest BCUT2D eigenvalue weighted by atomic mass is 9.90. The SMILES string of the molecule is CC1CCc2sc(C(=O)N=c3sc4ccccc4n3C)cc2C1. The monoisotopic (exact) mass is 342 g/mol. The molecule has 0 bridgehead atoms. The van der Waals surface area contributed by atoms with E-state index in [-0.39, 0.29) is 5.91 Å². The number of thiophene rings is 1. The van der Waals surface area contributed by atoms with E-state index >= 15 is 0 Å². The van der Waals surface area contributed by atoms with Crippen LogP contribution < -0.4 is 4.80 Å². The first kappa shape index (κ1) is 14.8. The van der Waals surface area contributed by atoms with Crippen molar-refractivity contribution in [3.8, 4) is 0 Å². The number of carbonyl (C=O) groups is 1.